The van der Waals surface area contributed by atoms with Gasteiger partial charge in [-0.2, -0.15) is 0 Å². The van der Waals surface area contributed by atoms with Gasteiger partial charge in [0, 0.05) is 6.42 Å². The monoisotopic (exact) mass is 249 g/mol. The number of hydrogen-bond donors (Lipinski definition) is 1. The fourth-order valence-electron chi connectivity index (χ4n) is 1.81. The Kier molecular flexibility index (Phi) is 3.82. The van der Waals surface area contributed by atoms with Gasteiger partial charge in [0.15, 0.2) is 6.10 Å². The molecule has 18 heavy (non-hydrogen) atoms. The van der Waals surface area contributed by atoms with Crippen molar-refractivity contribution in [3.8, 4) is 5.75 Å². The van der Waals surface area contributed by atoms with Crippen molar-refractivity contribution in [2.24, 2.45) is 0 Å². The van der Waals surface area contributed by atoms with Gasteiger partial charge < -0.3 is 14.8 Å². The van der Waals surface area contributed by atoms with Crippen LogP contribution < -0.4 is 10.1 Å². The number of benzene rings is 1. The lowest BCUT2D eigenvalue weighted by Crippen LogP contribution is -2.40. The first-order chi connectivity index (χ1) is 8.70. The van der Waals surface area contributed by atoms with E-state index in [1.165, 1.54) is 0 Å². The van der Waals surface area contributed by atoms with E-state index in [-0.39, 0.29) is 12.5 Å². The summed E-state index contributed by atoms with van der Waals surface area (Å²) in [5.41, 5.74) is 1.01. The van der Waals surface area contributed by atoms with Gasteiger partial charge >= 0.3 is 5.97 Å². The molecule has 5 heteroatoms. The van der Waals surface area contributed by atoms with Crippen molar-refractivity contribution in [1.82, 2.24) is 5.32 Å². The second-order valence-corrected chi connectivity index (χ2v) is 3.94. The maximum atomic E-state index is 11.8. The van der Waals surface area contributed by atoms with E-state index in [1.54, 1.807) is 6.92 Å². The summed E-state index contributed by atoms with van der Waals surface area (Å²) >= 11 is 0. The Morgan fingerprint density at radius 2 is 2.22 bits per heavy atom. The number of carbonyl (C=O) groups is 2. The highest BCUT2D eigenvalue weighted by Crippen LogP contribution is 2.27. The largest absolute Gasteiger partial charge is 0.480 e. The summed E-state index contributed by atoms with van der Waals surface area (Å²) in [5.74, 6) is -0.00519. The van der Waals surface area contributed by atoms with Crippen LogP contribution in [0.1, 0.15) is 12.5 Å². The molecule has 2 rings (SSSR count). The highest BCUT2D eigenvalue weighted by atomic mass is 16.5. The highest BCUT2D eigenvalue weighted by Gasteiger charge is 2.28. The molecule has 1 unspecified atom stereocenters. The van der Waals surface area contributed by atoms with Crippen LogP contribution in [0.4, 0.5) is 0 Å². The minimum atomic E-state index is -0.558. The Morgan fingerprint density at radius 3 is 2.94 bits per heavy atom. The maximum absolute atomic E-state index is 11.8. The lowest BCUT2D eigenvalue weighted by Gasteiger charge is -2.10. The van der Waals surface area contributed by atoms with Crippen LogP contribution >= 0.6 is 0 Å². The number of nitrogens with one attached hydrogen (secondary N) is 1. The standard InChI is InChI=1S/C13H15NO4/c1-2-17-12(15)8-14-13(16)11-7-9-5-3-4-6-10(9)18-11/h3-6,11H,2,7-8H2,1H3,(H,14,16). The van der Waals surface area contributed by atoms with Gasteiger partial charge in [-0.15, -0.1) is 0 Å². The van der Waals surface area contributed by atoms with Crippen LogP contribution in [0.2, 0.25) is 0 Å². The van der Waals surface area contributed by atoms with E-state index >= 15 is 0 Å². The van der Waals surface area contributed by atoms with Crippen molar-refractivity contribution < 1.29 is 19.1 Å². The summed E-state index contributed by atoms with van der Waals surface area (Å²) in [6.45, 7) is 1.90. The lowest BCUT2D eigenvalue weighted by molar-refractivity contribution is -0.144. The second kappa shape index (κ2) is 5.53. The summed E-state index contributed by atoms with van der Waals surface area (Å²) in [6.07, 6.45) is -0.0259. The molecule has 1 N–H and O–H groups in total. The Labute approximate surface area is 105 Å². The Hall–Kier alpha value is -2.04. The normalized spacial score (nSPS) is 16.6. The van der Waals surface area contributed by atoms with Gasteiger partial charge in [0.05, 0.1) is 6.61 Å². The lowest BCUT2D eigenvalue weighted by atomic mass is 10.1. The van der Waals surface area contributed by atoms with Gasteiger partial charge in [-0.1, -0.05) is 18.2 Å². The maximum Gasteiger partial charge on any atom is 0.325 e. The van der Waals surface area contributed by atoms with E-state index < -0.39 is 12.1 Å². The minimum absolute atomic E-state index is 0.122. The fourth-order valence-corrected chi connectivity index (χ4v) is 1.81. The Bertz CT molecular complexity index is 433. The van der Waals surface area contributed by atoms with Gasteiger partial charge in [0.2, 0.25) is 0 Å². The van der Waals surface area contributed by atoms with Gasteiger partial charge in [-0.25, -0.2) is 0 Å². The number of hydrogen-bond acceptors (Lipinski definition) is 4. The molecule has 0 saturated carbocycles. The molecule has 0 saturated heterocycles. The molecule has 0 spiro atoms. The average molecular weight is 249 g/mol. The first-order valence-corrected chi connectivity index (χ1v) is 5.88. The molecule has 1 aliphatic rings. The first-order valence-electron chi connectivity index (χ1n) is 5.88. The number of amides is 1. The van der Waals surface area contributed by atoms with Crippen LogP contribution in [0.3, 0.4) is 0 Å². The predicted molar refractivity (Wildman–Crippen MR) is 64.2 cm³/mol. The van der Waals surface area contributed by atoms with Crippen molar-refractivity contribution in [3.63, 3.8) is 0 Å². The van der Waals surface area contributed by atoms with Crippen LogP contribution in [-0.2, 0) is 20.7 Å². The van der Waals surface area contributed by atoms with E-state index in [0.29, 0.717) is 13.0 Å². The number of ether oxygens (including phenoxy) is 2. The molecule has 0 fully saturated rings. The Morgan fingerprint density at radius 1 is 1.44 bits per heavy atom. The van der Waals surface area contributed by atoms with Crippen molar-refractivity contribution in [2.45, 2.75) is 19.4 Å². The van der Waals surface area contributed by atoms with Crippen LogP contribution in [0.5, 0.6) is 5.75 Å². The van der Waals surface area contributed by atoms with Gasteiger partial charge in [-0.3, -0.25) is 9.59 Å². The molecular weight excluding hydrogens is 234 g/mol. The molecule has 1 amide bonds. The third-order valence-electron chi connectivity index (χ3n) is 2.65. The van der Waals surface area contributed by atoms with Crippen molar-refractivity contribution in [2.75, 3.05) is 13.2 Å². The third-order valence-corrected chi connectivity index (χ3v) is 2.65. The molecule has 1 aliphatic heterocycles. The molecule has 1 atom stereocenters. The summed E-state index contributed by atoms with van der Waals surface area (Å²) < 4.78 is 10.2. The second-order valence-electron chi connectivity index (χ2n) is 3.94. The number of rotatable bonds is 4. The van der Waals surface area contributed by atoms with E-state index in [2.05, 4.69) is 5.32 Å². The average Bonchev–Trinajstić information content (AvgIpc) is 2.80. The molecule has 96 valence electrons. The van der Waals surface area contributed by atoms with Gasteiger partial charge in [0.25, 0.3) is 5.91 Å². The Balaban J connectivity index is 1.84. The molecule has 1 aromatic carbocycles. The van der Waals surface area contributed by atoms with Crippen LogP contribution in [0.25, 0.3) is 0 Å². The van der Waals surface area contributed by atoms with Gasteiger partial charge in [0.1, 0.15) is 12.3 Å². The fraction of sp³-hybridized carbons (Fsp3) is 0.385. The highest BCUT2D eigenvalue weighted by molar-refractivity contribution is 5.86. The molecule has 1 aromatic rings. The SMILES string of the molecule is CCOC(=O)CNC(=O)C1Cc2ccccc2O1. The number of fused-ring (bicyclic) bond motifs is 1. The summed E-state index contributed by atoms with van der Waals surface area (Å²) in [7, 11) is 0. The minimum Gasteiger partial charge on any atom is -0.480 e. The summed E-state index contributed by atoms with van der Waals surface area (Å²) in [6, 6.07) is 7.51. The first kappa shape index (κ1) is 12.4. The zero-order valence-corrected chi connectivity index (χ0v) is 10.1. The van der Waals surface area contributed by atoms with Crippen LogP contribution in [-0.4, -0.2) is 31.1 Å². The molecule has 5 nitrogen and oxygen atoms in total. The number of carbonyl (C=O) groups excluding carboxylic acids is 2. The quantitative estimate of drug-likeness (QED) is 0.796. The van der Waals surface area contributed by atoms with E-state index in [9.17, 15) is 9.59 Å². The van der Waals surface area contributed by atoms with E-state index in [1.807, 2.05) is 24.3 Å². The summed E-state index contributed by atoms with van der Waals surface area (Å²) in [4.78, 5) is 22.9. The van der Waals surface area contributed by atoms with E-state index in [4.69, 9.17) is 9.47 Å². The van der Waals surface area contributed by atoms with Crippen molar-refractivity contribution in [1.29, 1.82) is 0 Å². The topological polar surface area (TPSA) is 64.6 Å². The predicted octanol–water partition coefficient (Wildman–Crippen LogP) is 0.669. The zero-order chi connectivity index (χ0) is 13.0. The van der Waals surface area contributed by atoms with Crippen LogP contribution in [0, 0.1) is 0 Å². The number of para-hydroxylation sites is 1. The zero-order valence-electron chi connectivity index (χ0n) is 10.1. The van der Waals surface area contributed by atoms with Gasteiger partial charge in [-0.05, 0) is 18.6 Å². The molecule has 0 radical (unpaired) electrons. The van der Waals surface area contributed by atoms with Crippen molar-refractivity contribution >= 4 is 11.9 Å². The molecule has 1 heterocycles. The number of esters is 1. The molecule has 0 bridgehead atoms. The summed E-state index contributed by atoms with van der Waals surface area (Å²) in [5, 5.41) is 2.51. The van der Waals surface area contributed by atoms with Crippen molar-refractivity contribution in [3.05, 3.63) is 29.8 Å². The van der Waals surface area contributed by atoms with E-state index in [0.717, 1.165) is 11.3 Å². The smallest absolute Gasteiger partial charge is 0.325 e. The molecule has 0 aromatic heterocycles. The van der Waals surface area contributed by atoms with Crippen LogP contribution in [0.15, 0.2) is 24.3 Å². The molecular formula is C13H15NO4. The molecule has 0 aliphatic carbocycles. The third kappa shape index (κ3) is 2.80.